The lowest BCUT2D eigenvalue weighted by molar-refractivity contribution is -0.116. The normalized spacial score (nSPS) is 15.2. The van der Waals surface area contributed by atoms with Crippen LogP contribution in [0.4, 0.5) is 0 Å². The van der Waals surface area contributed by atoms with Crippen molar-refractivity contribution in [3.8, 4) is 16.9 Å². The standard InChI is InChI=1S/C22H18ClN3O2/c23-20-11-17(16-4-2-8-25-13-16)9-18-10-19(28-22(18)20)14-26-21(27)6-5-15-3-1-7-24-12-15/h1-9,11-13,19H,10,14H2,(H,26,27)/b6-5+. The van der Waals surface area contributed by atoms with Crippen molar-refractivity contribution in [2.24, 2.45) is 0 Å². The molecule has 0 fully saturated rings. The molecule has 0 radical (unpaired) electrons. The number of carbonyl (C=O) groups is 1. The Balaban J connectivity index is 1.38. The van der Waals surface area contributed by atoms with Crippen LogP contribution in [0.5, 0.6) is 5.75 Å². The number of benzene rings is 1. The van der Waals surface area contributed by atoms with Gasteiger partial charge in [0.2, 0.25) is 5.91 Å². The molecule has 2 aromatic heterocycles. The molecule has 6 heteroatoms. The molecular weight excluding hydrogens is 374 g/mol. The van der Waals surface area contributed by atoms with Crippen molar-refractivity contribution in [3.63, 3.8) is 0 Å². The number of halogens is 1. The predicted molar refractivity (Wildman–Crippen MR) is 109 cm³/mol. The highest BCUT2D eigenvalue weighted by molar-refractivity contribution is 6.32. The molecule has 3 aromatic rings. The molecule has 3 heterocycles. The van der Waals surface area contributed by atoms with Crippen LogP contribution in [0.25, 0.3) is 17.2 Å². The highest BCUT2D eigenvalue weighted by Gasteiger charge is 2.26. The average molecular weight is 392 g/mol. The summed E-state index contributed by atoms with van der Waals surface area (Å²) < 4.78 is 5.95. The van der Waals surface area contributed by atoms with E-state index in [4.69, 9.17) is 16.3 Å². The highest BCUT2D eigenvalue weighted by Crippen LogP contribution is 2.39. The fourth-order valence-corrected chi connectivity index (χ4v) is 3.40. The van der Waals surface area contributed by atoms with Gasteiger partial charge in [0.05, 0.1) is 11.6 Å². The number of rotatable bonds is 5. The number of amides is 1. The summed E-state index contributed by atoms with van der Waals surface area (Å²) in [5.41, 5.74) is 3.92. The summed E-state index contributed by atoms with van der Waals surface area (Å²) in [5, 5.41) is 3.44. The number of pyridine rings is 2. The van der Waals surface area contributed by atoms with Crippen molar-refractivity contribution in [3.05, 3.63) is 83.4 Å². The van der Waals surface area contributed by atoms with Gasteiger partial charge in [-0.3, -0.25) is 14.8 Å². The highest BCUT2D eigenvalue weighted by atomic mass is 35.5. The van der Waals surface area contributed by atoms with Crippen molar-refractivity contribution < 1.29 is 9.53 Å². The van der Waals surface area contributed by atoms with E-state index in [0.29, 0.717) is 23.7 Å². The van der Waals surface area contributed by atoms with Gasteiger partial charge >= 0.3 is 0 Å². The molecule has 0 saturated carbocycles. The van der Waals surface area contributed by atoms with Crippen LogP contribution in [0.3, 0.4) is 0 Å². The van der Waals surface area contributed by atoms with Crippen molar-refractivity contribution in [2.45, 2.75) is 12.5 Å². The molecule has 1 aliphatic heterocycles. The summed E-state index contributed by atoms with van der Waals surface area (Å²) in [5.74, 6) is 0.519. The van der Waals surface area contributed by atoms with Gasteiger partial charge in [0, 0.05) is 48.4 Å². The van der Waals surface area contributed by atoms with Gasteiger partial charge in [-0.1, -0.05) is 23.7 Å². The second kappa shape index (κ2) is 8.23. The number of ether oxygens (including phenoxy) is 1. The van der Waals surface area contributed by atoms with Crippen LogP contribution in [-0.2, 0) is 11.2 Å². The monoisotopic (exact) mass is 391 g/mol. The van der Waals surface area contributed by atoms with E-state index in [0.717, 1.165) is 22.3 Å². The minimum atomic E-state index is -0.175. The van der Waals surface area contributed by atoms with Crippen LogP contribution >= 0.6 is 11.6 Å². The molecule has 5 nitrogen and oxygen atoms in total. The number of hydrogen-bond donors (Lipinski definition) is 1. The number of hydrogen-bond acceptors (Lipinski definition) is 4. The first kappa shape index (κ1) is 18.2. The van der Waals surface area contributed by atoms with E-state index >= 15 is 0 Å². The lowest BCUT2D eigenvalue weighted by Crippen LogP contribution is -2.33. The summed E-state index contributed by atoms with van der Waals surface area (Å²) in [6, 6.07) is 11.6. The molecule has 0 bridgehead atoms. The fourth-order valence-electron chi connectivity index (χ4n) is 3.12. The van der Waals surface area contributed by atoms with Crippen molar-refractivity contribution in [2.75, 3.05) is 6.54 Å². The molecule has 0 saturated heterocycles. The largest absolute Gasteiger partial charge is 0.486 e. The van der Waals surface area contributed by atoms with Gasteiger partial charge in [0.15, 0.2) is 0 Å². The third-order valence-electron chi connectivity index (χ3n) is 4.46. The van der Waals surface area contributed by atoms with Crippen LogP contribution < -0.4 is 10.1 Å². The Morgan fingerprint density at radius 1 is 1.18 bits per heavy atom. The summed E-state index contributed by atoms with van der Waals surface area (Å²) in [6.07, 6.45) is 10.7. The van der Waals surface area contributed by atoms with Gasteiger partial charge < -0.3 is 10.1 Å². The summed E-state index contributed by atoms with van der Waals surface area (Å²) >= 11 is 6.42. The summed E-state index contributed by atoms with van der Waals surface area (Å²) in [4.78, 5) is 20.2. The smallest absolute Gasteiger partial charge is 0.244 e. The molecule has 0 aliphatic carbocycles. The maximum atomic E-state index is 12.0. The molecule has 1 atom stereocenters. The Bertz CT molecular complexity index is 1010. The van der Waals surface area contributed by atoms with Gasteiger partial charge in [0.1, 0.15) is 11.9 Å². The second-order valence-electron chi connectivity index (χ2n) is 6.50. The van der Waals surface area contributed by atoms with Gasteiger partial charge in [0.25, 0.3) is 0 Å². The number of carbonyl (C=O) groups excluding carboxylic acids is 1. The third kappa shape index (κ3) is 4.21. The van der Waals surface area contributed by atoms with Gasteiger partial charge in [-0.15, -0.1) is 0 Å². The third-order valence-corrected chi connectivity index (χ3v) is 4.74. The van der Waals surface area contributed by atoms with E-state index in [1.807, 2.05) is 30.3 Å². The Hall–Kier alpha value is -3.18. The topological polar surface area (TPSA) is 64.1 Å². The molecule has 4 rings (SSSR count). The van der Waals surface area contributed by atoms with Crippen molar-refractivity contribution in [1.29, 1.82) is 0 Å². The number of fused-ring (bicyclic) bond motifs is 1. The zero-order valence-electron chi connectivity index (χ0n) is 15.0. The summed E-state index contributed by atoms with van der Waals surface area (Å²) in [6.45, 7) is 0.406. The maximum Gasteiger partial charge on any atom is 0.244 e. The van der Waals surface area contributed by atoms with E-state index in [1.54, 1.807) is 30.9 Å². The van der Waals surface area contributed by atoms with Crippen LogP contribution in [-0.4, -0.2) is 28.5 Å². The zero-order valence-corrected chi connectivity index (χ0v) is 15.8. The summed E-state index contributed by atoms with van der Waals surface area (Å²) in [7, 11) is 0. The first-order valence-electron chi connectivity index (χ1n) is 8.94. The van der Waals surface area contributed by atoms with Crippen molar-refractivity contribution in [1.82, 2.24) is 15.3 Å². The van der Waals surface area contributed by atoms with Gasteiger partial charge in [-0.25, -0.2) is 0 Å². The Kier molecular flexibility index (Phi) is 5.35. The minimum Gasteiger partial charge on any atom is -0.486 e. The first-order valence-corrected chi connectivity index (χ1v) is 9.32. The van der Waals surface area contributed by atoms with Crippen molar-refractivity contribution >= 4 is 23.6 Å². The van der Waals surface area contributed by atoms with Crippen LogP contribution in [0, 0.1) is 0 Å². The van der Waals surface area contributed by atoms with Crippen LogP contribution in [0.1, 0.15) is 11.1 Å². The lowest BCUT2D eigenvalue weighted by atomic mass is 10.0. The number of nitrogens with one attached hydrogen (secondary N) is 1. The number of nitrogens with zero attached hydrogens (tertiary/aromatic N) is 2. The minimum absolute atomic E-state index is 0.146. The average Bonchev–Trinajstić information content (AvgIpc) is 3.16. The van der Waals surface area contributed by atoms with E-state index < -0.39 is 0 Å². The molecule has 0 spiro atoms. The first-order chi connectivity index (χ1) is 13.7. The lowest BCUT2D eigenvalue weighted by Gasteiger charge is -2.11. The van der Waals surface area contributed by atoms with Crippen LogP contribution in [0.2, 0.25) is 5.02 Å². The van der Waals surface area contributed by atoms with E-state index in [2.05, 4.69) is 21.4 Å². The fraction of sp³-hybridized carbons (Fsp3) is 0.136. The molecule has 140 valence electrons. The number of aromatic nitrogens is 2. The Morgan fingerprint density at radius 3 is 2.75 bits per heavy atom. The SMILES string of the molecule is O=C(/C=C/c1cccnc1)NCC1Cc2cc(-c3cccnc3)cc(Cl)c2O1. The quantitative estimate of drug-likeness (QED) is 0.669. The maximum absolute atomic E-state index is 12.0. The zero-order chi connectivity index (χ0) is 19.3. The molecule has 28 heavy (non-hydrogen) atoms. The molecule has 1 unspecified atom stereocenters. The molecular formula is C22H18ClN3O2. The van der Waals surface area contributed by atoms with E-state index in [9.17, 15) is 4.79 Å². The van der Waals surface area contributed by atoms with E-state index in [-0.39, 0.29) is 12.0 Å². The van der Waals surface area contributed by atoms with Crippen LogP contribution in [0.15, 0.2) is 67.3 Å². The van der Waals surface area contributed by atoms with Gasteiger partial charge in [-0.2, -0.15) is 0 Å². The molecule has 1 N–H and O–H groups in total. The molecule has 1 amide bonds. The van der Waals surface area contributed by atoms with Gasteiger partial charge in [-0.05, 0) is 41.5 Å². The predicted octanol–water partition coefficient (Wildman–Crippen LogP) is 3.93. The Morgan fingerprint density at radius 2 is 2.00 bits per heavy atom. The molecule has 1 aromatic carbocycles. The van der Waals surface area contributed by atoms with E-state index in [1.165, 1.54) is 6.08 Å². The molecule has 1 aliphatic rings. The second-order valence-corrected chi connectivity index (χ2v) is 6.90. The Labute approximate surface area is 168 Å².